The Balaban J connectivity index is 2.19. The zero-order chi connectivity index (χ0) is 19.2. The van der Waals surface area contributed by atoms with Crippen LogP contribution < -0.4 is 20.5 Å². The molecule has 1 aromatic rings. The van der Waals surface area contributed by atoms with Crippen molar-refractivity contribution in [1.82, 2.24) is 5.32 Å². The summed E-state index contributed by atoms with van der Waals surface area (Å²) >= 11 is 0. The number of rotatable bonds is 7. The molecule has 0 saturated heterocycles. The van der Waals surface area contributed by atoms with Crippen molar-refractivity contribution in [3.05, 3.63) is 23.8 Å². The molecule has 0 aromatic heterocycles. The molecule has 0 spiro atoms. The molecule has 8 heteroatoms. The van der Waals surface area contributed by atoms with Crippen molar-refractivity contribution < 1.29 is 29.0 Å². The number of carboxylic acid groups (broad SMARTS) is 1. The lowest BCUT2D eigenvalue weighted by Gasteiger charge is -2.29. The van der Waals surface area contributed by atoms with Gasteiger partial charge in [-0.2, -0.15) is 0 Å². The van der Waals surface area contributed by atoms with Gasteiger partial charge in [0.05, 0.1) is 7.11 Å². The fourth-order valence-electron chi connectivity index (χ4n) is 3.09. The molecule has 1 aromatic carbocycles. The molecule has 0 radical (unpaired) electrons. The number of carbonyl (C=O) groups is 3. The van der Waals surface area contributed by atoms with Gasteiger partial charge in [0.25, 0.3) is 11.8 Å². The number of hydrogen-bond acceptors (Lipinski definition) is 5. The van der Waals surface area contributed by atoms with Gasteiger partial charge >= 0.3 is 5.97 Å². The predicted molar refractivity (Wildman–Crippen MR) is 93.2 cm³/mol. The van der Waals surface area contributed by atoms with Gasteiger partial charge in [0.15, 0.2) is 18.1 Å². The number of aliphatic carboxylic acids is 1. The zero-order valence-electron chi connectivity index (χ0n) is 14.7. The molecule has 0 atom stereocenters. The normalized spacial score (nSPS) is 16.2. The van der Waals surface area contributed by atoms with Gasteiger partial charge in [0.2, 0.25) is 0 Å². The van der Waals surface area contributed by atoms with E-state index in [1.54, 1.807) is 0 Å². The number of nitrogens with one attached hydrogen (secondary N) is 1. The zero-order valence-corrected chi connectivity index (χ0v) is 14.7. The largest absolute Gasteiger partial charge is 0.493 e. The summed E-state index contributed by atoms with van der Waals surface area (Å²) < 4.78 is 10.4. The van der Waals surface area contributed by atoms with E-state index in [0.29, 0.717) is 12.8 Å². The van der Waals surface area contributed by atoms with E-state index in [4.69, 9.17) is 15.2 Å². The fourth-order valence-corrected chi connectivity index (χ4v) is 3.09. The van der Waals surface area contributed by atoms with Crippen molar-refractivity contribution in [2.75, 3.05) is 13.7 Å². The van der Waals surface area contributed by atoms with Crippen molar-refractivity contribution in [2.24, 2.45) is 5.73 Å². The van der Waals surface area contributed by atoms with Crippen LogP contribution in [0.5, 0.6) is 11.5 Å². The summed E-state index contributed by atoms with van der Waals surface area (Å²) in [4.78, 5) is 35.3. The van der Waals surface area contributed by atoms with Crippen molar-refractivity contribution >= 4 is 17.8 Å². The molecule has 4 N–H and O–H groups in total. The van der Waals surface area contributed by atoms with Crippen LogP contribution in [0.25, 0.3) is 0 Å². The van der Waals surface area contributed by atoms with Gasteiger partial charge < -0.3 is 25.6 Å². The smallest absolute Gasteiger partial charge is 0.329 e. The quantitative estimate of drug-likeness (QED) is 0.629. The second kappa shape index (κ2) is 8.55. The number of carbonyl (C=O) groups excluding carboxylic acids is 2. The Morgan fingerprint density at radius 1 is 1.15 bits per heavy atom. The minimum atomic E-state index is -1.25. The van der Waals surface area contributed by atoms with Crippen molar-refractivity contribution in [3.63, 3.8) is 0 Å². The molecule has 1 fully saturated rings. The van der Waals surface area contributed by atoms with Gasteiger partial charge in [-0.15, -0.1) is 0 Å². The van der Waals surface area contributed by atoms with E-state index in [1.807, 2.05) is 0 Å². The minimum Gasteiger partial charge on any atom is -0.493 e. The molecule has 0 heterocycles. The molecule has 0 unspecified atom stereocenters. The Hall–Kier alpha value is -2.77. The molecule has 0 aliphatic heterocycles. The summed E-state index contributed by atoms with van der Waals surface area (Å²) in [6.45, 7) is -0.315. The Morgan fingerprint density at radius 3 is 2.35 bits per heavy atom. The molecule has 1 aliphatic rings. The van der Waals surface area contributed by atoms with Gasteiger partial charge in [-0.3, -0.25) is 9.59 Å². The highest BCUT2D eigenvalue weighted by atomic mass is 16.5. The van der Waals surface area contributed by atoms with Crippen LogP contribution in [-0.4, -0.2) is 42.1 Å². The van der Waals surface area contributed by atoms with Gasteiger partial charge in [0, 0.05) is 5.56 Å². The van der Waals surface area contributed by atoms with Crippen molar-refractivity contribution in [3.8, 4) is 11.5 Å². The number of carboxylic acids is 1. The van der Waals surface area contributed by atoms with Gasteiger partial charge in [-0.05, 0) is 31.0 Å². The third kappa shape index (κ3) is 4.65. The molecule has 26 heavy (non-hydrogen) atoms. The van der Waals surface area contributed by atoms with E-state index in [1.165, 1.54) is 25.3 Å². The monoisotopic (exact) mass is 364 g/mol. The van der Waals surface area contributed by atoms with E-state index in [0.717, 1.165) is 25.7 Å². The first-order valence-electron chi connectivity index (χ1n) is 8.53. The van der Waals surface area contributed by atoms with Crippen molar-refractivity contribution in [2.45, 2.75) is 44.1 Å². The second-order valence-electron chi connectivity index (χ2n) is 6.38. The van der Waals surface area contributed by atoms with Gasteiger partial charge in [0.1, 0.15) is 5.54 Å². The number of primary amides is 1. The Morgan fingerprint density at radius 2 is 1.81 bits per heavy atom. The molecule has 142 valence electrons. The highest BCUT2D eigenvalue weighted by Gasteiger charge is 2.40. The third-order valence-corrected chi connectivity index (χ3v) is 4.52. The van der Waals surface area contributed by atoms with Crippen molar-refractivity contribution in [1.29, 1.82) is 0 Å². The molecular weight excluding hydrogens is 340 g/mol. The molecule has 1 saturated carbocycles. The predicted octanol–water partition coefficient (Wildman–Crippen LogP) is 1.47. The Labute approximate surface area is 151 Å². The number of amides is 2. The van der Waals surface area contributed by atoms with Crippen LogP contribution in [0.3, 0.4) is 0 Å². The maximum absolute atomic E-state index is 12.6. The molecule has 2 amide bonds. The van der Waals surface area contributed by atoms with E-state index < -0.39 is 23.3 Å². The van der Waals surface area contributed by atoms with Crippen LogP contribution in [0.1, 0.15) is 48.9 Å². The van der Waals surface area contributed by atoms with Crippen LogP contribution in [-0.2, 0) is 9.59 Å². The molecule has 1 aliphatic carbocycles. The Kier molecular flexibility index (Phi) is 6.43. The van der Waals surface area contributed by atoms with Gasteiger partial charge in [-0.1, -0.05) is 25.7 Å². The SMILES string of the molecule is COc1cc(C(=O)NC2(C(=O)O)CCCCCC2)ccc1OCC(N)=O. The topological polar surface area (TPSA) is 128 Å². The molecule has 0 bridgehead atoms. The number of nitrogens with two attached hydrogens (primary N) is 1. The summed E-state index contributed by atoms with van der Waals surface area (Å²) in [7, 11) is 1.40. The van der Waals surface area contributed by atoms with Crippen LogP contribution in [0, 0.1) is 0 Å². The minimum absolute atomic E-state index is 0.248. The lowest BCUT2D eigenvalue weighted by Crippen LogP contribution is -2.54. The van der Waals surface area contributed by atoms with Crippen LogP contribution in [0.4, 0.5) is 0 Å². The average molecular weight is 364 g/mol. The van der Waals surface area contributed by atoms with Gasteiger partial charge in [-0.25, -0.2) is 4.79 Å². The van der Waals surface area contributed by atoms with Crippen LogP contribution >= 0.6 is 0 Å². The lowest BCUT2D eigenvalue weighted by atomic mass is 9.90. The maximum atomic E-state index is 12.6. The number of methoxy groups -OCH3 is 1. The van der Waals surface area contributed by atoms with E-state index in [-0.39, 0.29) is 23.7 Å². The standard InChI is InChI=1S/C18H24N2O6/c1-25-14-10-12(6-7-13(14)26-11-15(19)21)16(22)20-18(17(23)24)8-4-2-3-5-9-18/h6-7,10H,2-5,8-9,11H2,1H3,(H2,19,21)(H,20,22)(H,23,24). The summed E-state index contributed by atoms with van der Waals surface area (Å²) in [5, 5.41) is 12.4. The highest BCUT2D eigenvalue weighted by molar-refractivity contribution is 5.98. The number of benzene rings is 1. The highest BCUT2D eigenvalue weighted by Crippen LogP contribution is 2.30. The number of hydrogen-bond donors (Lipinski definition) is 3. The molecular formula is C18H24N2O6. The first-order chi connectivity index (χ1) is 12.4. The fraction of sp³-hybridized carbons (Fsp3) is 0.500. The second-order valence-corrected chi connectivity index (χ2v) is 6.38. The maximum Gasteiger partial charge on any atom is 0.329 e. The summed E-state index contributed by atoms with van der Waals surface area (Å²) in [6.07, 6.45) is 4.26. The first-order valence-corrected chi connectivity index (χ1v) is 8.53. The lowest BCUT2D eigenvalue weighted by molar-refractivity contribution is -0.145. The average Bonchev–Trinajstić information content (AvgIpc) is 2.86. The summed E-state index contributed by atoms with van der Waals surface area (Å²) in [6, 6.07) is 4.41. The first kappa shape index (κ1) is 19.6. The third-order valence-electron chi connectivity index (χ3n) is 4.52. The van der Waals surface area contributed by atoms with E-state index >= 15 is 0 Å². The Bertz CT molecular complexity index is 680. The van der Waals surface area contributed by atoms with E-state index in [9.17, 15) is 19.5 Å². The molecule has 8 nitrogen and oxygen atoms in total. The summed E-state index contributed by atoms with van der Waals surface area (Å²) in [5.41, 5.74) is 4.05. The van der Waals surface area contributed by atoms with Crippen LogP contribution in [0.2, 0.25) is 0 Å². The number of ether oxygens (including phenoxy) is 2. The molecule has 2 rings (SSSR count). The van der Waals surface area contributed by atoms with Crippen LogP contribution in [0.15, 0.2) is 18.2 Å². The summed E-state index contributed by atoms with van der Waals surface area (Å²) in [5.74, 6) is -1.62. The van der Waals surface area contributed by atoms with E-state index in [2.05, 4.69) is 5.32 Å².